The Morgan fingerprint density at radius 2 is 1.45 bits per heavy atom. The van der Waals surface area contributed by atoms with Gasteiger partial charge < -0.3 is 4.79 Å². The summed E-state index contributed by atoms with van der Waals surface area (Å²) < 4.78 is 0. The molecule has 0 saturated carbocycles. The van der Waals surface area contributed by atoms with E-state index in [2.05, 4.69) is 0 Å². The second-order valence-corrected chi connectivity index (χ2v) is 5.15. The summed E-state index contributed by atoms with van der Waals surface area (Å²) in [5.74, 6) is -0.368. The minimum atomic E-state index is -0.371. The fourth-order valence-corrected chi connectivity index (χ4v) is 2.12. The molecule has 0 bridgehead atoms. The largest absolute Gasteiger partial charge is 0.303 e. The molecule has 102 valence electrons. The van der Waals surface area contributed by atoms with E-state index in [-0.39, 0.29) is 18.1 Å². The number of rotatable bonds is 5. The molecular formula is C18H18O2. The number of hydrogen-bond acceptors (Lipinski definition) is 2. The normalized spacial score (nSPS) is 11.9. The molecule has 2 nitrogen and oxygen atoms in total. The Morgan fingerprint density at radius 1 is 0.950 bits per heavy atom. The van der Waals surface area contributed by atoms with Crippen LogP contribution in [0, 0.1) is 13.8 Å². The van der Waals surface area contributed by atoms with E-state index >= 15 is 0 Å². The minimum absolute atomic E-state index is 0.00248. The van der Waals surface area contributed by atoms with Gasteiger partial charge in [0.2, 0.25) is 0 Å². The van der Waals surface area contributed by atoms with E-state index in [9.17, 15) is 9.59 Å². The summed E-state index contributed by atoms with van der Waals surface area (Å²) in [6.07, 6.45) is 1.08. The Kier molecular flexibility index (Phi) is 4.46. The monoisotopic (exact) mass is 266 g/mol. The van der Waals surface area contributed by atoms with Gasteiger partial charge in [-0.1, -0.05) is 59.7 Å². The maximum Gasteiger partial charge on any atom is 0.163 e. The predicted molar refractivity (Wildman–Crippen MR) is 80.1 cm³/mol. The summed E-state index contributed by atoms with van der Waals surface area (Å²) in [5, 5.41) is 0. The van der Waals surface area contributed by atoms with Gasteiger partial charge in [0.25, 0.3) is 0 Å². The first-order valence-electron chi connectivity index (χ1n) is 6.72. The summed E-state index contributed by atoms with van der Waals surface area (Å²) in [5.41, 5.74) is 3.82. The summed E-state index contributed by atoms with van der Waals surface area (Å²) in [6, 6.07) is 15.2. The lowest BCUT2D eigenvalue weighted by Crippen LogP contribution is -2.09. The van der Waals surface area contributed by atoms with Crippen LogP contribution >= 0.6 is 0 Å². The molecule has 0 aliphatic rings. The molecule has 2 aromatic carbocycles. The van der Waals surface area contributed by atoms with Crippen molar-refractivity contribution in [2.45, 2.75) is 26.2 Å². The van der Waals surface area contributed by atoms with E-state index in [4.69, 9.17) is 0 Å². The average molecular weight is 266 g/mol. The Labute approximate surface area is 119 Å². The van der Waals surface area contributed by atoms with Crippen LogP contribution in [0.4, 0.5) is 0 Å². The van der Waals surface area contributed by atoms with Gasteiger partial charge in [0, 0.05) is 17.9 Å². The van der Waals surface area contributed by atoms with E-state index in [0.29, 0.717) is 5.56 Å². The highest BCUT2D eigenvalue weighted by atomic mass is 16.1. The first-order valence-corrected chi connectivity index (χ1v) is 6.72. The van der Waals surface area contributed by atoms with Gasteiger partial charge in [0.1, 0.15) is 6.29 Å². The number of aldehydes is 1. The lowest BCUT2D eigenvalue weighted by Gasteiger charge is -2.10. The van der Waals surface area contributed by atoms with Crippen molar-refractivity contribution in [1.82, 2.24) is 0 Å². The molecule has 0 aromatic heterocycles. The van der Waals surface area contributed by atoms with Crippen molar-refractivity contribution in [2.75, 3.05) is 0 Å². The van der Waals surface area contributed by atoms with Crippen LogP contribution in [-0.4, -0.2) is 12.1 Å². The van der Waals surface area contributed by atoms with E-state index in [1.165, 1.54) is 0 Å². The predicted octanol–water partition coefficient (Wildman–Crippen LogP) is 3.86. The van der Waals surface area contributed by atoms with Crippen molar-refractivity contribution >= 4 is 12.1 Å². The van der Waals surface area contributed by atoms with E-state index in [1.54, 1.807) is 0 Å². The van der Waals surface area contributed by atoms with E-state index < -0.39 is 0 Å². The van der Waals surface area contributed by atoms with Crippen molar-refractivity contribution in [3.05, 3.63) is 70.8 Å². The van der Waals surface area contributed by atoms with Crippen molar-refractivity contribution in [2.24, 2.45) is 0 Å². The van der Waals surface area contributed by atoms with Crippen molar-refractivity contribution < 1.29 is 9.59 Å². The molecule has 0 aliphatic carbocycles. The second kappa shape index (κ2) is 6.29. The molecule has 0 spiro atoms. The molecule has 1 unspecified atom stereocenters. The standard InChI is InChI=1S/C18H18O2/c1-13-3-7-15(8-4-13)17(12-19)11-18(20)16-9-5-14(2)6-10-16/h3-10,12,17H,11H2,1-2H3. The number of aryl methyl sites for hydroxylation is 2. The van der Waals surface area contributed by atoms with E-state index in [1.807, 2.05) is 62.4 Å². The molecule has 0 heterocycles. The third-order valence-electron chi connectivity index (χ3n) is 3.45. The van der Waals surface area contributed by atoms with Gasteiger partial charge in [-0.3, -0.25) is 4.79 Å². The molecular weight excluding hydrogens is 248 g/mol. The van der Waals surface area contributed by atoms with Crippen LogP contribution < -0.4 is 0 Å². The number of carbonyl (C=O) groups excluding carboxylic acids is 2. The highest BCUT2D eigenvalue weighted by molar-refractivity contribution is 5.98. The molecule has 0 aliphatic heterocycles. The zero-order valence-electron chi connectivity index (χ0n) is 11.8. The number of Topliss-reactive ketones (excluding diaryl/α,β-unsaturated/α-hetero) is 1. The van der Waals surface area contributed by atoms with Gasteiger partial charge in [-0.05, 0) is 19.4 Å². The Hall–Kier alpha value is -2.22. The topological polar surface area (TPSA) is 34.1 Å². The first kappa shape index (κ1) is 14.2. The molecule has 2 heteroatoms. The van der Waals surface area contributed by atoms with Gasteiger partial charge >= 0.3 is 0 Å². The zero-order chi connectivity index (χ0) is 14.5. The summed E-state index contributed by atoms with van der Waals surface area (Å²) in [4.78, 5) is 23.5. The van der Waals surface area contributed by atoms with Crippen LogP contribution in [0.25, 0.3) is 0 Å². The third kappa shape index (κ3) is 3.41. The molecule has 0 saturated heterocycles. The number of carbonyl (C=O) groups is 2. The maximum atomic E-state index is 12.2. The van der Waals surface area contributed by atoms with Crippen molar-refractivity contribution in [3.8, 4) is 0 Å². The second-order valence-electron chi connectivity index (χ2n) is 5.15. The summed E-state index contributed by atoms with van der Waals surface area (Å²) in [7, 11) is 0. The molecule has 0 fully saturated rings. The van der Waals surface area contributed by atoms with Crippen molar-refractivity contribution in [3.63, 3.8) is 0 Å². The van der Waals surface area contributed by atoms with Crippen LogP contribution in [-0.2, 0) is 4.79 Å². The molecule has 2 rings (SSSR count). The number of ketones is 1. The number of hydrogen-bond donors (Lipinski definition) is 0. The summed E-state index contributed by atoms with van der Waals surface area (Å²) in [6.45, 7) is 3.98. The minimum Gasteiger partial charge on any atom is -0.303 e. The molecule has 0 N–H and O–H groups in total. The highest BCUT2D eigenvalue weighted by Gasteiger charge is 2.16. The molecule has 1 atom stereocenters. The van der Waals surface area contributed by atoms with Gasteiger partial charge in [0.15, 0.2) is 5.78 Å². The Morgan fingerprint density at radius 3 is 1.95 bits per heavy atom. The highest BCUT2D eigenvalue weighted by Crippen LogP contribution is 2.20. The molecule has 20 heavy (non-hydrogen) atoms. The lowest BCUT2D eigenvalue weighted by atomic mass is 9.92. The number of benzene rings is 2. The quantitative estimate of drug-likeness (QED) is 0.608. The summed E-state index contributed by atoms with van der Waals surface area (Å²) >= 11 is 0. The van der Waals surface area contributed by atoms with Crippen LogP contribution in [0.1, 0.15) is 39.4 Å². The van der Waals surface area contributed by atoms with Gasteiger partial charge in [-0.15, -0.1) is 0 Å². The molecule has 0 amide bonds. The maximum absolute atomic E-state index is 12.2. The smallest absolute Gasteiger partial charge is 0.163 e. The fourth-order valence-electron chi connectivity index (χ4n) is 2.12. The van der Waals surface area contributed by atoms with Crippen LogP contribution in [0.2, 0.25) is 0 Å². The van der Waals surface area contributed by atoms with Gasteiger partial charge in [0.05, 0.1) is 0 Å². The van der Waals surface area contributed by atoms with Crippen LogP contribution in [0.3, 0.4) is 0 Å². The van der Waals surface area contributed by atoms with Crippen LogP contribution in [0.5, 0.6) is 0 Å². The van der Waals surface area contributed by atoms with E-state index in [0.717, 1.165) is 23.0 Å². The lowest BCUT2D eigenvalue weighted by molar-refractivity contribution is -0.109. The van der Waals surface area contributed by atoms with Crippen LogP contribution in [0.15, 0.2) is 48.5 Å². The zero-order valence-corrected chi connectivity index (χ0v) is 11.8. The average Bonchev–Trinajstić information content (AvgIpc) is 2.46. The van der Waals surface area contributed by atoms with Crippen molar-refractivity contribution in [1.29, 1.82) is 0 Å². The first-order chi connectivity index (χ1) is 9.60. The SMILES string of the molecule is Cc1ccc(C(=O)CC(C=O)c2ccc(C)cc2)cc1. The Balaban J connectivity index is 2.13. The molecule has 0 radical (unpaired) electrons. The molecule has 2 aromatic rings. The van der Waals surface area contributed by atoms with Gasteiger partial charge in [-0.2, -0.15) is 0 Å². The van der Waals surface area contributed by atoms with Gasteiger partial charge in [-0.25, -0.2) is 0 Å². The Bertz CT molecular complexity index is 594. The fraction of sp³-hybridized carbons (Fsp3) is 0.222. The third-order valence-corrected chi connectivity index (χ3v) is 3.45.